The van der Waals surface area contributed by atoms with E-state index in [9.17, 15) is 4.79 Å². The molecule has 2 aromatic rings. The third-order valence-electron chi connectivity index (χ3n) is 4.88. The van der Waals surface area contributed by atoms with Crippen LogP contribution >= 0.6 is 0 Å². The van der Waals surface area contributed by atoms with Crippen LogP contribution in [-0.2, 0) is 15.1 Å². The van der Waals surface area contributed by atoms with Crippen molar-refractivity contribution >= 4 is 11.4 Å². The van der Waals surface area contributed by atoms with Crippen molar-refractivity contribution in [2.24, 2.45) is 0 Å². The van der Waals surface area contributed by atoms with Crippen LogP contribution in [0.5, 0.6) is 5.75 Å². The van der Waals surface area contributed by atoms with Gasteiger partial charge in [-0.3, -0.25) is 4.79 Å². The highest BCUT2D eigenvalue weighted by Crippen LogP contribution is 2.54. The minimum atomic E-state index is -1.09. The van der Waals surface area contributed by atoms with Crippen LogP contribution in [0.1, 0.15) is 37.3 Å². The van der Waals surface area contributed by atoms with Gasteiger partial charge in [0.15, 0.2) is 11.4 Å². The fourth-order valence-electron chi connectivity index (χ4n) is 3.66. The molecule has 0 spiro atoms. The summed E-state index contributed by atoms with van der Waals surface area (Å²) in [5.74, 6) is 0.715. The first-order chi connectivity index (χ1) is 12.2. The molecule has 0 heterocycles. The molecular formula is C22H24O3. The van der Waals surface area contributed by atoms with E-state index in [0.717, 1.165) is 41.5 Å². The maximum Gasteiger partial charge on any atom is 0.200 e. The van der Waals surface area contributed by atoms with Crippen LogP contribution in [-0.4, -0.2) is 20.0 Å². The van der Waals surface area contributed by atoms with Gasteiger partial charge in [0.2, 0.25) is 0 Å². The number of carbonyl (C=O) groups is 1. The first-order valence-electron chi connectivity index (χ1n) is 8.73. The van der Waals surface area contributed by atoms with Crippen molar-refractivity contribution in [2.75, 3.05) is 14.2 Å². The number of hydrogen-bond donors (Lipinski definition) is 0. The quantitative estimate of drug-likeness (QED) is 0.731. The minimum absolute atomic E-state index is 0.0480. The summed E-state index contributed by atoms with van der Waals surface area (Å²) in [5, 5.41) is 0. The van der Waals surface area contributed by atoms with E-state index in [-0.39, 0.29) is 5.78 Å². The Labute approximate surface area is 149 Å². The summed E-state index contributed by atoms with van der Waals surface area (Å²) in [7, 11) is 3.22. The first-order valence-corrected chi connectivity index (χ1v) is 8.73. The van der Waals surface area contributed by atoms with Gasteiger partial charge < -0.3 is 9.47 Å². The van der Waals surface area contributed by atoms with Gasteiger partial charge in [0, 0.05) is 23.8 Å². The molecule has 1 unspecified atom stereocenters. The van der Waals surface area contributed by atoms with Crippen molar-refractivity contribution < 1.29 is 14.3 Å². The Hall–Kier alpha value is -2.39. The average molecular weight is 336 g/mol. The van der Waals surface area contributed by atoms with Gasteiger partial charge in [-0.25, -0.2) is 0 Å². The molecule has 3 heteroatoms. The molecule has 0 saturated heterocycles. The highest BCUT2D eigenvalue weighted by Gasteiger charge is 2.56. The van der Waals surface area contributed by atoms with Crippen LogP contribution in [0.2, 0.25) is 0 Å². The number of hydrogen-bond acceptors (Lipinski definition) is 3. The van der Waals surface area contributed by atoms with Gasteiger partial charge in [-0.15, -0.1) is 0 Å². The lowest BCUT2D eigenvalue weighted by Crippen LogP contribution is -2.49. The van der Waals surface area contributed by atoms with Gasteiger partial charge in [-0.2, -0.15) is 0 Å². The maximum absolute atomic E-state index is 13.2. The lowest BCUT2D eigenvalue weighted by Gasteiger charge is -2.44. The number of rotatable bonds is 7. The molecule has 3 nitrogen and oxygen atoms in total. The van der Waals surface area contributed by atoms with Gasteiger partial charge in [0.25, 0.3) is 0 Å². The molecule has 0 aliphatic heterocycles. The number of methoxy groups -OCH3 is 2. The number of carbonyl (C=O) groups excluding carboxylic acids is 1. The Morgan fingerprint density at radius 1 is 0.960 bits per heavy atom. The van der Waals surface area contributed by atoms with Crippen molar-refractivity contribution in [3.8, 4) is 5.75 Å². The lowest BCUT2D eigenvalue weighted by molar-refractivity contribution is -0.135. The molecule has 1 atom stereocenters. The lowest BCUT2D eigenvalue weighted by atomic mass is 9.64. The number of Topliss-reactive ketones (excluding diaryl/α,β-unsaturated/α-hetero) is 1. The smallest absolute Gasteiger partial charge is 0.200 e. The number of unbranched alkanes of at least 4 members (excludes halogenated alkanes) is 1. The molecule has 1 aliphatic rings. The summed E-state index contributed by atoms with van der Waals surface area (Å²) < 4.78 is 11.4. The molecule has 1 aliphatic carbocycles. The molecule has 0 aromatic heterocycles. The highest BCUT2D eigenvalue weighted by molar-refractivity contribution is 6.25. The molecule has 0 fully saturated rings. The van der Waals surface area contributed by atoms with E-state index >= 15 is 0 Å². The van der Waals surface area contributed by atoms with Crippen LogP contribution in [0.4, 0.5) is 0 Å². The predicted molar refractivity (Wildman–Crippen MR) is 99.6 cm³/mol. The molecule has 25 heavy (non-hydrogen) atoms. The molecule has 2 aromatic carbocycles. The summed E-state index contributed by atoms with van der Waals surface area (Å²) in [6.45, 7) is 2.13. The zero-order valence-electron chi connectivity index (χ0n) is 15.0. The summed E-state index contributed by atoms with van der Waals surface area (Å²) in [5.41, 5.74) is 2.56. The van der Waals surface area contributed by atoms with Gasteiger partial charge in [0.05, 0.1) is 7.11 Å². The number of ketones is 1. The number of para-hydroxylation sites is 1. The van der Waals surface area contributed by atoms with Crippen LogP contribution < -0.4 is 4.74 Å². The Kier molecular flexibility index (Phi) is 5.05. The Morgan fingerprint density at radius 2 is 1.64 bits per heavy atom. The van der Waals surface area contributed by atoms with E-state index in [1.165, 1.54) is 0 Å². The second-order valence-electron chi connectivity index (χ2n) is 6.24. The Balaban J connectivity index is 2.22. The maximum atomic E-state index is 13.2. The molecular weight excluding hydrogens is 312 g/mol. The van der Waals surface area contributed by atoms with E-state index in [0.29, 0.717) is 5.75 Å². The van der Waals surface area contributed by atoms with Crippen molar-refractivity contribution in [2.45, 2.75) is 31.8 Å². The van der Waals surface area contributed by atoms with E-state index < -0.39 is 5.60 Å². The fraction of sp³-hybridized carbons (Fsp3) is 0.318. The molecule has 0 N–H and O–H groups in total. The SMILES string of the molecule is CCCCC1=C(c2ccccc2)C(OC)(c2ccccc2OC)C1=O. The third-order valence-corrected chi connectivity index (χ3v) is 4.88. The van der Waals surface area contributed by atoms with E-state index in [4.69, 9.17) is 9.47 Å². The van der Waals surface area contributed by atoms with Crippen molar-refractivity contribution in [3.63, 3.8) is 0 Å². The summed E-state index contributed by atoms with van der Waals surface area (Å²) in [6.07, 6.45) is 2.82. The first kappa shape index (κ1) is 17.4. The molecule has 130 valence electrons. The number of ether oxygens (including phenoxy) is 2. The van der Waals surface area contributed by atoms with Crippen molar-refractivity contribution in [3.05, 3.63) is 71.3 Å². The average Bonchev–Trinajstić information content (AvgIpc) is 2.67. The van der Waals surface area contributed by atoms with Crippen molar-refractivity contribution in [1.29, 1.82) is 0 Å². The number of benzene rings is 2. The standard InChI is InChI=1S/C22H24O3/c1-4-5-13-17-20(16-11-7-6-8-12-16)22(25-3,21(17)23)18-14-9-10-15-19(18)24-2/h6-12,14-15H,4-5,13H2,1-3H3. The Bertz CT molecular complexity index is 792. The summed E-state index contributed by atoms with van der Waals surface area (Å²) >= 11 is 0. The van der Waals surface area contributed by atoms with Crippen LogP contribution in [0.3, 0.4) is 0 Å². The fourth-order valence-corrected chi connectivity index (χ4v) is 3.66. The predicted octanol–water partition coefficient (Wildman–Crippen LogP) is 4.76. The van der Waals surface area contributed by atoms with E-state index in [2.05, 4.69) is 6.92 Å². The molecule has 0 radical (unpaired) electrons. The molecule has 3 rings (SSSR count). The monoisotopic (exact) mass is 336 g/mol. The van der Waals surface area contributed by atoms with E-state index in [1.807, 2.05) is 54.6 Å². The minimum Gasteiger partial charge on any atom is -0.496 e. The van der Waals surface area contributed by atoms with Gasteiger partial charge in [-0.1, -0.05) is 61.9 Å². The summed E-state index contributed by atoms with van der Waals surface area (Å²) in [6, 6.07) is 17.6. The zero-order chi connectivity index (χ0) is 17.9. The second kappa shape index (κ2) is 7.24. The second-order valence-corrected chi connectivity index (χ2v) is 6.24. The van der Waals surface area contributed by atoms with Gasteiger partial charge in [-0.05, 0) is 24.5 Å². The van der Waals surface area contributed by atoms with E-state index in [1.54, 1.807) is 14.2 Å². The Morgan fingerprint density at radius 3 is 2.28 bits per heavy atom. The van der Waals surface area contributed by atoms with Crippen LogP contribution in [0.15, 0.2) is 60.2 Å². The third kappa shape index (κ3) is 2.69. The molecule has 0 amide bonds. The van der Waals surface area contributed by atoms with Gasteiger partial charge >= 0.3 is 0 Å². The van der Waals surface area contributed by atoms with Crippen molar-refractivity contribution in [1.82, 2.24) is 0 Å². The topological polar surface area (TPSA) is 35.5 Å². The highest BCUT2D eigenvalue weighted by atomic mass is 16.5. The normalized spacial score (nSPS) is 19.7. The molecule has 0 bridgehead atoms. The largest absolute Gasteiger partial charge is 0.496 e. The zero-order valence-corrected chi connectivity index (χ0v) is 15.0. The molecule has 0 saturated carbocycles. The van der Waals surface area contributed by atoms with Crippen LogP contribution in [0, 0.1) is 0 Å². The van der Waals surface area contributed by atoms with Crippen LogP contribution in [0.25, 0.3) is 5.57 Å². The summed E-state index contributed by atoms with van der Waals surface area (Å²) in [4.78, 5) is 13.2. The van der Waals surface area contributed by atoms with Gasteiger partial charge in [0.1, 0.15) is 5.75 Å².